The largest absolute Gasteiger partial charge is 0.444 e. The normalized spacial score (nSPS) is 12.0. The highest BCUT2D eigenvalue weighted by Gasteiger charge is 2.19. The summed E-state index contributed by atoms with van der Waals surface area (Å²) in [5.41, 5.74) is 1.52. The molecule has 0 unspecified atom stereocenters. The zero-order valence-electron chi connectivity index (χ0n) is 13.4. The Morgan fingerprint density at radius 2 is 1.95 bits per heavy atom. The Kier molecular flexibility index (Phi) is 5.03. The lowest BCUT2D eigenvalue weighted by Gasteiger charge is -2.09. The van der Waals surface area contributed by atoms with Crippen molar-refractivity contribution in [3.8, 4) is 0 Å². The summed E-state index contributed by atoms with van der Waals surface area (Å²) in [6, 6.07) is 7.01. The first-order valence-electron chi connectivity index (χ1n) is 7.39. The van der Waals surface area contributed by atoms with Crippen LogP contribution in [0.15, 0.2) is 33.6 Å². The molecule has 5 nitrogen and oxygen atoms in total. The van der Waals surface area contributed by atoms with E-state index in [1.165, 1.54) is 0 Å². The van der Waals surface area contributed by atoms with Crippen LogP contribution in [0, 0.1) is 6.92 Å². The van der Waals surface area contributed by atoms with E-state index in [1.54, 1.807) is 12.1 Å². The monoisotopic (exact) mass is 322 g/mol. The molecule has 1 aromatic carbocycles. The first-order chi connectivity index (χ1) is 10.3. The molecule has 0 bridgehead atoms. The van der Waals surface area contributed by atoms with E-state index in [4.69, 9.17) is 4.42 Å². The third kappa shape index (κ3) is 3.56. The Balaban J connectivity index is 2.20. The van der Waals surface area contributed by atoms with Crippen molar-refractivity contribution >= 4 is 10.0 Å². The lowest BCUT2D eigenvalue weighted by atomic mass is 10.2. The number of nitrogens with one attached hydrogen (secondary N) is 1. The van der Waals surface area contributed by atoms with Gasteiger partial charge in [0.25, 0.3) is 0 Å². The Bertz CT molecular complexity index is 749. The molecule has 0 radical (unpaired) electrons. The highest BCUT2D eigenvalue weighted by molar-refractivity contribution is 7.89. The van der Waals surface area contributed by atoms with Crippen LogP contribution < -0.4 is 4.72 Å². The van der Waals surface area contributed by atoms with Gasteiger partial charge in [0.15, 0.2) is 5.89 Å². The van der Waals surface area contributed by atoms with Crippen molar-refractivity contribution in [3.63, 3.8) is 0 Å². The zero-order chi connectivity index (χ0) is 16.3. The number of benzene rings is 1. The standard InChI is InChI=1S/C16H22N2O3S/c1-5-13-8-6-7-9-15(13)22(19,20)17-10-14-12(4)18-16(21-14)11(2)3/h6-9,11,17H,5,10H2,1-4H3. The van der Waals surface area contributed by atoms with Crippen molar-refractivity contribution in [2.75, 3.05) is 0 Å². The molecule has 0 atom stereocenters. The molecule has 2 aromatic rings. The molecule has 0 amide bonds. The van der Waals surface area contributed by atoms with Gasteiger partial charge in [-0.3, -0.25) is 0 Å². The van der Waals surface area contributed by atoms with E-state index in [9.17, 15) is 8.42 Å². The number of oxazole rings is 1. The van der Waals surface area contributed by atoms with Crippen molar-refractivity contribution < 1.29 is 12.8 Å². The number of rotatable bonds is 6. The molecule has 6 heteroatoms. The SMILES string of the molecule is CCc1ccccc1S(=O)(=O)NCc1oc(C(C)C)nc1C. The second-order valence-electron chi connectivity index (χ2n) is 5.50. The average molecular weight is 322 g/mol. The summed E-state index contributed by atoms with van der Waals surface area (Å²) in [7, 11) is -3.57. The Labute approximate surface area is 131 Å². The highest BCUT2D eigenvalue weighted by Crippen LogP contribution is 2.19. The van der Waals surface area contributed by atoms with Gasteiger partial charge >= 0.3 is 0 Å². The average Bonchev–Trinajstić information content (AvgIpc) is 2.87. The maximum absolute atomic E-state index is 12.5. The van der Waals surface area contributed by atoms with Gasteiger partial charge in [0.2, 0.25) is 10.0 Å². The molecular formula is C16H22N2O3S. The summed E-state index contributed by atoms with van der Waals surface area (Å²) in [4.78, 5) is 4.63. The molecular weight excluding hydrogens is 300 g/mol. The molecule has 0 fully saturated rings. The summed E-state index contributed by atoms with van der Waals surface area (Å²) < 4.78 is 33.2. The van der Waals surface area contributed by atoms with E-state index >= 15 is 0 Å². The van der Waals surface area contributed by atoms with Crippen LogP contribution in [0.2, 0.25) is 0 Å². The van der Waals surface area contributed by atoms with Crippen molar-refractivity contribution in [3.05, 3.63) is 47.2 Å². The van der Waals surface area contributed by atoms with Crippen LogP contribution in [0.4, 0.5) is 0 Å². The predicted octanol–water partition coefficient (Wildman–Crippen LogP) is 3.15. The van der Waals surface area contributed by atoms with Gasteiger partial charge in [-0.2, -0.15) is 0 Å². The van der Waals surface area contributed by atoms with Gasteiger partial charge in [-0.15, -0.1) is 0 Å². The molecule has 1 aromatic heterocycles. The van der Waals surface area contributed by atoms with Crippen molar-refractivity contribution in [1.82, 2.24) is 9.71 Å². The van der Waals surface area contributed by atoms with E-state index < -0.39 is 10.0 Å². The van der Waals surface area contributed by atoms with Gasteiger partial charge in [0.1, 0.15) is 5.76 Å². The Morgan fingerprint density at radius 3 is 2.55 bits per heavy atom. The second kappa shape index (κ2) is 6.62. The van der Waals surface area contributed by atoms with Crippen LogP contribution in [0.1, 0.15) is 49.6 Å². The maximum Gasteiger partial charge on any atom is 0.241 e. The van der Waals surface area contributed by atoms with Gasteiger partial charge in [-0.1, -0.05) is 39.0 Å². The van der Waals surface area contributed by atoms with Crippen LogP contribution in [0.3, 0.4) is 0 Å². The molecule has 0 spiro atoms. The number of aromatic nitrogens is 1. The lowest BCUT2D eigenvalue weighted by molar-refractivity contribution is 0.431. The van der Waals surface area contributed by atoms with Crippen LogP contribution in [0.5, 0.6) is 0 Å². The summed E-state index contributed by atoms with van der Waals surface area (Å²) in [6.45, 7) is 7.82. The van der Waals surface area contributed by atoms with E-state index in [0.29, 0.717) is 23.0 Å². The van der Waals surface area contributed by atoms with Crippen LogP contribution >= 0.6 is 0 Å². The summed E-state index contributed by atoms with van der Waals surface area (Å²) in [6.07, 6.45) is 0.663. The minimum absolute atomic E-state index is 0.103. The van der Waals surface area contributed by atoms with Gasteiger partial charge in [0, 0.05) is 5.92 Å². The minimum Gasteiger partial charge on any atom is -0.444 e. The van der Waals surface area contributed by atoms with E-state index in [2.05, 4.69) is 9.71 Å². The quantitative estimate of drug-likeness (QED) is 0.887. The molecule has 1 N–H and O–H groups in total. The molecule has 0 aliphatic carbocycles. The van der Waals surface area contributed by atoms with Crippen LogP contribution in [0.25, 0.3) is 0 Å². The predicted molar refractivity (Wildman–Crippen MR) is 85.2 cm³/mol. The smallest absolute Gasteiger partial charge is 0.241 e. The van der Waals surface area contributed by atoms with Gasteiger partial charge in [0.05, 0.1) is 17.1 Å². The van der Waals surface area contributed by atoms with E-state index in [1.807, 2.05) is 39.8 Å². The van der Waals surface area contributed by atoms with E-state index in [-0.39, 0.29) is 12.5 Å². The molecule has 22 heavy (non-hydrogen) atoms. The lowest BCUT2D eigenvalue weighted by Crippen LogP contribution is -2.24. The fraction of sp³-hybridized carbons (Fsp3) is 0.438. The number of hydrogen-bond donors (Lipinski definition) is 1. The number of sulfonamides is 1. The molecule has 0 aliphatic rings. The number of nitrogens with zero attached hydrogens (tertiary/aromatic N) is 1. The fourth-order valence-corrected chi connectivity index (χ4v) is 3.45. The van der Waals surface area contributed by atoms with E-state index in [0.717, 1.165) is 11.3 Å². The topological polar surface area (TPSA) is 72.2 Å². The second-order valence-corrected chi connectivity index (χ2v) is 7.24. The fourth-order valence-electron chi connectivity index (χ4n) is 2.16. The summed E-state index contributed by atoms with van der Waals surface area (Å²) in [5, 5.41) is 0. The summed E-state index contributed by atoms with van der Waals surface area (Å²) >= 11 is 0. The van der Waals surface area contributed by atoms with Crippen molar-refractivity contribution in [2.24, 2.45) is 0 Å². The molecule has 120 valence electrons. The number of aryl methyl sites for hydroxylation is 2. The van der Waals surface area contributed by atoms with Gasteiger partial charge in [-0.05, 0) is 25.0 Å². The molecule has 0 aliphatic heterocycles. The summed E-state index contributed by atoms with van der Waals surface area (Å²) in [5.74, 6) is 1.35. The molecule has 0 saturated carbocycles. The maximum atomic E-state index is 12.5. The highest BCUT2D eigenvalue weighted by atomic mass is 32.2. The van der Waals surface area contributed by atoms with Crippen LogP contribution in [-0.2, 0) is 23.0 Å². The molecule has 0 saturated heterocycles. The van der Waals surface area contributed by atoms with Crippen molar-refractivity contribution in [2.45, 2.75) is 51.5 Å². The van der Waals surface area contributed by atoms with Crippen LogP contribution in [-0.4, -0.2) is 13.4 Å². The first-order valence-corrected chi connectivity index (χ1v) is 8.87. The third-order valence-corrected chi connectivity index (χ3v) is 4.97. The Hall–Kier alpha value is -1.66. The number of hydrogen-bond acceptors (Lipinski definition) is 4. The molecule has 1 heterocycles. The zero-order valence-corrected chi connectivity index (χ0v) is 14.2. The third-order valence-electron chi connectivity index (χ3n) is 3.47. The Morgan fingerprint density at radius 1 is 1.27 bits per heavy atom. The minimum atomic E-state index is -3.57. The molecule has 2 rings (SSSR count). The first kappa shape index (κ1) is 16.7. The van der Waals surface area contributed by atoms with Gasteiger partial charge < -0.3 is 4.42 Å². The van der Waals surface area contributed by atoms with Gasteiger partial charge in [-0.25, -0.2) is 18.1 Å². The van der Waals surface area contributed by atoms with Crippen molar-refractivity contribution in [1.29, 1.82) is 0 Å².